The summed E-state index contributed by atoms with van der Waals surface area (Å²) in [6, 6.07) is 13.1. The summed E-state index contributed by atoms with van der Waals surface area (Å²) >= 11 is 0. The van der Waals surface area contributed by atoms with E-state index in [1.807, 2.05) is 0 Å². The molecule has 9 heteroatoms. The van der Waals surface area contributed by atoms with E-state index in [9.17, 15) is 23.2 Å². The molecule has 1 aliphatic heterocycles. The number of benzene rings is 2. The molecule has 0 fully saturated rings. The van der Waals surface area contributed by atoms with Crippen LogP contribution in [0, 0.1) is 0 Å². The van der Waals surface area contributed by atoms with E-state index in [-0.39, 0.29) is 35.6 Å². The number of ether oxygens (including phenoxy) is 2. The van der Waals surface area contributed by atoms with Crippen LogP contribution < -0.4 is 4.74 Å². The standard InChI is InChI=1S/C22H15F2NO6/c23-22(24)31-15-6-3-13(4-7-15)12-30-21(28)14-5-8-17-18(10-14)20(27)25(19(17)26)11-16-2-1-9-29-16/h1-10,22H,11-12H2. The molecule has 1 aliphatic rings. The number of rotatable bonds is 7. The van der Waals surface area contributed by atoms with E-state index in [1.165, 1.54) is 48.7 Å². The van der Waals surface area contributed by atoms with Crippen molar-refractivity contribution in [2.45, 2.75) is 19.8 Å². The van der Waals surface area contributed by atoms with Crippen molar-refractivity contribution in [1.29, 1.82) is 0 Å². The van der Waals surface area contributed by atoms with E-state index < -0.39 is 24.4 Å². The van der Waals surface area contributed by atoms with E-state index in [0.717, 1.165) is 4.90 Å². The molecular weight excluding hydrogens is 412 g/mol. The summed E-state index contributed by atoms with van der Waals surface area (Å²) in [5.41, 5.74) is 0.978. The first-order valence-corrected chi connectivity index (χ1v) is 9.16. The molecule has 0 saturated heterocycles. The summed E-state index contributed by atoms with van der Waals surface area (Å²) in [5, 5.41) is 0. The Bertz CT molecular complexity index is 1130. The van der Waals surface area contributed by atoms with Gasteiger partial charge in [0, 0.05) is 0 Å². The molecule has 0 N–H and O–H groups in total. The number of hydrogen-bond donors (Lipinski definition) is 0. The molecular formula is C22H15F2NO6. The number of nitrogens with zero attached hydrogens (tertiary/aromatic N) is 1. The van der Waals surface area contributed by atoms with Gasteiger partial charge in [-0.3, -0.25) is 14.5 Å². The van der Waals surface area contributed by atoms with Crippen LogP contribution >= 0.6 is 0 Å². The molecule has 158 valence electrons. The molecule has 0 radical (unpaired) electrons. The Labute approximate surface area is 174 Å². The van der Waals surface area contributed by atoms with E-state index in [1.54, 1.807) is 12.1 Å². The Kier molecular flexibility index (Phi) is 5.48. The van der Waals surface area contributed by atoms with Gasteiger partial charge in [0.15, 0.2) is 0 Å². The first-order valence-electron chi connectivity index (χ1n) is 9.16. The van der Waals surface area contributed by atoms with Gasteiger partial charge < -0.3 is 13.9 Å². The quantitative estimate of drug-likeness (QED) is 0.418. The van der Waals surface area contributed by atoms with Gasteiger partial charge >= 0.3 is 12.6 Å². The summed E-state index contributed by atoms with van der Waals surface area (Å²) in [6.07, 6.45) is 1.45. The smallest absolute Gasteiger partial charge is 0.387 e. The predicted molar refractivity (Wildman–Crippen MR) is 102 cm³/mol. The Balaban J connectivity index is 1.42. The Morgan fingerprint density at radius 1 is 1.00 bits per heavy atom. The molecule has 2 heterocycles. The molecule has 0 bridgehead atoms. The minimum Gasteiger partial charge on any atom is -0.467 e. The summed E-state index contributed by atoms with van der Waals surface area (Å²) in [6.45, 7) is -3.04. The lowest BCUT2D eigenvalue weighted by molar-refractivity contribution is -0.0498. The molecule has 0 atom stereocenters. The number of alkyl halides is 2. The zero-order valence-corrected chi connectivity index (χ0v) is 15.9. The van der Waals surface area contributed by atoms with Crippen molar-refractivity contribution in [3.05, 3.63) is 88.9 Å². The number of halogens is 2. The largest absolute Gasteiger partial charge is 0.467 e. The number of carbonyl (C=O) groups is 3. The third-order valence-electron chi connectivity index (χ3n) is 4.62. The highest BCUT2D eigenvalue weighted by atomic mass is 19.3. The fourth-order valence-corrected chi connectivity index (χ4v) is 3.12. The van der Waals surface area contributed by atoms with Crippen molar-refractivity contribution < 1.29 is 37.1 Å². The third-order valence-corrected chi connectivity index (χ3v) is 4.62. The van der Waals surface area contributed by atoms with Crippen molar-refractivity contribution in [3.63, 3.8) is 0 Å². The lowest BCUT2D eigenvalue weighted by atomic mass is 10.1. The minimum atomic E-state index is -2.92. The first-order chi connectivity index (χ1) is 14.9. The second-order valence-electron chi connectivity index (χ2n) is 6.63. The van der Waals surface area contributed by atoms with Gasteiger partial charge in [-0.15, -0.1) is 0 Å². The van der Waals surface area contributed by atoms with Crippen molar-refractivity contribution in [3.8, 4) is 5.75 Å². The van der Waals surface area contributed by atoms with E-state index in [2.05, 4.69) is 4.74 Å². The van der Waals surface area contributed by atoms with Crippen LogP contribution in [0.3, 0.4) is 0 Å². The maximum Gasteiger partial charge on any atom is 0.387 e. The van der Waals surface area contributed by atoms with Gasteiger partial charge in [0.2, 0.25) is 0 Å². The number of esters is 1. The van der Waals surface area contributed by atoms with Crippen molar-refractivity contribution in [2.75, 3.05) is 0 Å². The zero-order valence-electron chi connectivity index (χ0n) is 15.9. The van der Waals surface area contributed by atoms with Crippen LogP contribution in [0.15, 0.2) is 65.3 Å². The molecule has 1 aromatic heterocycles. The number of imide groups is 1. The number of furan rings is 1. The molecule has 7 nitrogen and oxygen atoms in total. The Morgan fingerprint density at radius 2 is 1.74 bits per heavy atom. The van der Waals surface area contributed by atoms with Gasteiger partial charge in [-0.05, 0) is 48.0 Å². The average molecular weight is 427 g/mol. The lowest BCUT2D eigenvalue weighted by Gasteiger charge is -2.11. The normalized spacial score (nSPS) is 12.9. The monoisotopic (exact) mass is 427 g/mol. The highest BCUT2D eigenvalue weighted by Crippen LogP contribution is 2.26. The summed E-state index contributed by atoms with van der Waals surface area (Å²) in [4.78, 5) is 38.6. The molecule has 0 spiro atoms. The van der Waals surface area contributed by atoms with Crippen LogP contribution in [0.25, 0.3) is 0 Å². The molecule has 31 heavy (non-hydrogen) atoms. The predicted octanol–water partition coefficient (Wildman–Crippen LogP) is 4.03. The fourth-order valence-electron chi connectivity index (χ4n) is 3.12. The summed E-state index contributed by atoms with van der Waals surface area (Å²) in [7, 11) is 0. The Hall–Kier alpha value is -4.01. The van der Waals surface area contributed by atoms with E-state index in [0.29, 0.717) is 11.3 Å². The van der Waals surface area contributed by atoms with Gasteiger partial charge in [-0.1, -0.05) is 12.1 Å². The Morgan fingerprint density at radius 3 is 2.42 bits per heavy atom. The van der Waals surface area contributed by atoms with Crippen LogP contribution in [-0.2, 0) is 17.9 Å². The van der Waals surface area contributed by atoms with Crippen LogP contribution in [0.2, 0.25) is 0 Å². The van der Waals surface area contributed by atoms with Crippen LogP contribution in [-0.4, -0.2) is 29.3 Å². The zero-order chi connectivity index (χ0) is 22.0. The first kappa shape index (κ1) is 20.3. The van der Waals surface area contributed by atoms with Gasteiger partial charge in [0.25, 0.3) is 11.8 Å². The number of hydrogen-bond acceptors (Lipinski definition) is 6. The minimum absolute atomic E-state index is 0.00835. The van der Waals surface area contributed by atoms with Gasteiger partial charge in [0.1, 0.15) is 18.1 Å². The molecule has 0 saturated carbocycles. The fraction of sp³-hybridized carbons (Fsp3) is 0.136. The lowest BCUT2D eigenvalue weighted by Crippen LogP contribution is -2.28. The SMILES string of the molecule is O=C(OCc1ccc(OC(F)F)cc1)c1ccc2c(c1)C(=O)N(Cc1ccco1)C2=O. The summed E-state index contributed by atoms with van der Waals surface area (Å²) in [5.74, 6) is -1.24. The van der Waals surface area contributed by atoms with Crippen LogP contribution in [0.5, 0.6) is 5.75 Å². The van der Waals surface area contributed by atoms with E-state index in [4.69, 9.17) is 9.15 Å². The second-order valence-corrected chi connectivity index (χ2v) is 6.63. The number of carbonyl (C=O) groups excluding carboxylic acids is 3. The maximum atomic E-state index is 12.6. The van der Waals surface area contributed by atoms with Crippen LogP contribution in [0.4, 0.5) is 8.78 Å². The molecule has 2 aromatic carbocycles. The highest BCUT2D eigenvalue weighted by Gasteiger charge is 2.36. The van der Waals surface area contributed by atoms with Crippen molar-refractivity contribution >= 4 is 17.8 Å². The van der Waals surface area contributed by atoms with Crippen molar-refractivity contribution in [2.24, 2.45) is 0 Å². The third kappa shape index (κ3) is 4.30. The molecule has 4 rings (SSSR count). The number of fused-ring (bicyclic) bond motifs is 1. The summed E-state index contributed by atoms with van der Waals surface area (Å²) < 4.78 is 39.0. The molecule has 0 aliphatic carbocycles. The molecule has 0 unspecified atom stereocenters. The number of amides is 2. The topological polar surface area (TPSA) is 86.1 Å². The van der Waals surface area contributed by atoms with Crippen LogP contribution in [0.1, 0.15) is 42.4 Å². The molecule has 2 amide bonds. The van der Waals surface area contributed by atoms with E-state index >= 15 is 0 Å². The highest BCUT2D eigenvalue weighted by molar-refractivity contribution is 6.21. The van der Waals surface area contributed by atoms with Crippen molar-refractivity contribution in [1.82, 2.24) is 4.90 Å². The second kappa shape index (κ2) is 8.39. The van der Waals surface area contributed by atoms with Gasteiger partial charge in [0.05, 0.1) is 29.5 Å². The maximum absolute atomic E-state index is 12.6. The average Bonchev–Trinajstić information content (AvgIpc) is 3.35. The van der Waals surface area contributed by atoms with Gasteiger partial charge in [-0.2, -0.15) is 8.78 Å². The molecule has 3 aromatic rings. The van der Waals surface area contributed by atoms with Gasteiger partial charge in [-0.25, -0.2) is 4.79 Å².